The Morgan fingerprint density at radius 1 is 1.45 bits per heavy atom. The number of fused-ring (bicyclic) bond motifs is 1. The van der Waals surface area contributed by atoms with Crippen LogP contribution in [0, 0.1) is 0 Å². The van der Waals surface area contributed by atoms with Gasteiger partial charge in [0.2, 0.25) is 18.0 Å². The number of alkyl halides is 1. The maximum atomic E-state index is 5.70. The molecule has 0 spiro atoms. The number of para-hydroxylation sites is 2. The normalized spacial score (nSPS) is 14.5. The molecule has 1 aliphatic rings. The van der Waals surface area contributed by atoms with Crippen molar-refractivity contribution in [1.29, 1.82) is 0 Å². The van der Waals surface area contributed by atoms with Gasteiger partial charge >= 0.3 is 0 Å². The van der Waals surface area contributed by atoms with Crippen molar-refractivity contribution in [2.45, 2.75) is 0 Å². The second-order valence-electron chi connectivity index (χ2n) is 2.45. The highest BCUT2D eigenvalue weighted by atomic mass is 35.5. The topological polar surface area (TPSA) is 15.4 Å². The maximum Gasteiger partial charge on any atom is 0.238 e. The quantitative estimate of drug-likeness (QED) is 0.317. The molecular weight excluding hydrogens is 160 g/mol. The molecule has 1 aromatic rings. The summed E-state index contributed by atoms with van der Waals surface area (Å²) in [7, 11) is 0. The Morgan fingerprint density at radius 2 is 2.27 bits per heavy atom. The second-order valence-corrected chi connectivity index (χ2v) is 2.69. The standard InChI is InChI=1S/C8H8ClN2/c9-5-11-6-10-7-3-1-2-4-8(7)11/h1-4H,5-6H2/q+1. The molecule has 0 fully saturated rings. The molecule has 0 atom stereocenters. The van der Waals surface area contributed by atoms with Crippen LogP contribution < -0.4 is 15.3 Å². The van der Waals surface area contributed by atoms with Gasteiger partial charge in [-0.2, -0.15) is 4.58 Å². The van der Waals surface area contributed by atoms with E-state index in [1.165, 1.54) is 0 Å². The van der Waals surface area contributed by atoms with Gasteiger partial charge in [0.1, 0.15) is 5.36 Å². The van der Waals surface area contributed by atoms with Gasteiger partial charge in [0, 0.05) is 6.07 Å². The molecule has 0 saturated carbocycles. The lowest BCUT2D eigenvalue weighted by Gasteiger charge is -1.86. The first-order valence-corrected chi connectivity index (χ1v) is 4.03. The fourth-order valence-corrected chi connectivity index (χ4v) is 1.41. The molecule has 56 valence electrons. The zero-order valence-corrected chi connectivity index (χ0v) is 6.75. The van der Waals surface area contributed by atoms with Gasteiger partial charge in [-0.1, -0.05) is 23.7 Å². The zero-order chi connectivity index (χ0) is 7.68. The van der Waals surface area contributed by atoms with Crippen LogP contribution in [0.15, 0.2) is 29.3 Å². The molecule has 2 rings (SSSR count). The van der Waals surface area contributed by atoms with Gasteiger partial charge in [-0.3, -0.25) is 0 Å². The van der Waals surface area contributed by atoms with E-state index < -0.39 is 0 Å². The number of rotatable bonds is 1. The van der Waals surface area contributed by atoms with Gasteiger partial charge in [0.15, 0.2) is 0 Å². The van der Waals surface area contributed by atoms with E-state index in [0.29, 0.717) is 12.7 Å². The summed E-state index contributed by atoms with van der Waals surface area (Å²) in [6.07, 6.45) is 0. The van der Waals surface area contributed by atoms with Crippen molar-refractivity contribution in [3.8, 4) is 0 Å². The van der Waals surface area contributed by atoms with Gasteiger partial charge < -0.3 is 0 Å². The molecule has 0 saturated heterocycles. The second kappa shape index (κ2) is 2.62. The van der Waals surface area contributed by atoms with Crippen molar-refractivity contribution in [3.63, 3.8) is 0 Å². The number of nitrogens with zero attached hydrogens (tertiary/aromatic N) is 2. The van der Waals surface area contributed by atoms with Crippen molar-refractivity contribution in [3.05, 3.63) is 35.0 Å². The molecule has 3 heteroatoms. The fraction of sp³-hybridized carbons (Fsp3) is 0.250. The van der Waals surface area contributed by atoms with Crippen LogP contribution in [-0.2, 0) is 0 Å². The molecule has 0 aromatic heterocycles. The minimum atomic E-state index is 0.514. The van der Waals surface area contributed by atoms with Gasteiger partial charge in [-0.05, 0) is 6.07 Å². The summed E-state index contributed by atoms with van der Waals surface area (Å²) in [6, 6.07) is 8.54. The Labute approximate surface area is 69.5 Å². The average Bonchev–Trinajstić information content (AvgIpc) is 2.47. The lowest BCUT2D eigenvalue weighted by Crippen LogP contribution is -2.32. The third kappa shape index (κ3) is 1.03. The van der Waals surface area contributed by atoms with Crippen molar-refractivity contribution < 1.29 is 0 Å². The van der Waals surface area contributed by atoms with Crippen LogP contribution >= 0.6 is 11.6 Å². The summed E-state index contributed by atoms with van der Waals surface area (Å²) in [5.74, 6) is 0. The molecule has 2 nitrogen and oxygen atoms in total. The Balaban J connectivity index is 2.79. The molecule has 0 amide bonds. The molecule has 1 aromatic carbocycles. The predicted molar refractivity (Wildman–Crippen MR) is 44.0 cm³/mol. The van der Waals surface area contributed by atoms with E-state index in [2.05, 4.69) is 4.99 Å². The summed E-state index contributed by atoms with van der Waals surface area (Å²) in [4.78, 5) is 4.29. The summed E-state index contributed by atoms with van der Waals surface area (Å²) < 4.78 is 2.02. The highest BCUT2D eigenvalue weighted by molar-refractivity contribution is 6.17. The maximum absolute atomic E-state index is 5.70. The minimum Gasteiger partial charge on any atom is -0.213 e. The summed E-state index contributed by atoms with van der Waals surface area (Å²) in [6.45, 7) is 0.697. The van der Waals surface area contributed by atoms with E-state index in [1.807, 2.05) is 28.8 Å². The summed E-state index contributed by atoms with van der Waals surface area (Å²) in [5.41, 5.74) is 0. The third-order valence-electron chi connectivity index (χ3n) is 1.78. The number of benzene rings is 1. The number of hydrogen-bond acceptors (Lipinski definition) is 1. The predicted octanol–water partition coefficient (Wildman–Crippen LogP) is -0.0353. The van der Waals surface area contributed by atoms with E-state index in [9.17, 15) is 0 Å². The van der Waals surface area contributed by atoms with Crippen molar-refractivity contribution in [1.82, 2.24) is 4.58 Å². The number of halogens is 1. The van der Waals surface area contributed by atoms with E-state index in [-0.39, 0.29) is 0 Å². The van der Waals surface area contributed by atoms with Crippen LogP contribution in [0.3, 0.4) is 0 Å². The lowest BCUT2D eigenvalue weighted by atomic mass is 10.3. The van der Waals surface area contributed by atoms with Crippen LogP contribution in [0.5, 0.6) is 0 Å². The molecule has 0 N–H and O–H groups in total. The summed E-state index contributed by atoms with van der Waals surface area (Å²) >= 11 is 5.70. The number of hydrogen-bond donors (Lipinski definition) is 0. The van der Waals surface area contributed by atoms with Crippen LogP contribution in [0.25, 0.3) is 0 Å². The smallest absolute Gasteiger partial charge is 0.213 e. The van der Waals surface area contributed by atoms with Crippen LogP contribution in [0.1, 0.15) is 0 Å². The monoisotopic (exact) mass is 167 g/mol. The van der Waals surface area contributed by atoms with Crippen molar-refractivity contribution in [2.24, 2.45) is 4.99 Å². The highest BCUT2D eigenvalue weighted by Gasteiger charge is 2.09. The molecule has 0 bridgehead atoms. The molecule has 1 heterocycles. The van der Waals surface area contributed by atoms with Crippen LogP contribution in [0.2, 0.25) is 0 Å². The van der Waals surface area contributed by atoms with Gasteiger partial charge in [0.05, 0.1) is 0 Å². The van der Waals surface area contributed by atoms with E-state index in [0.717, 1.165) is 10.7 Å². The van der Waals surface area contributed by atoms with E-state index >= 15 is 0 Å². The first-order valence-electron chi connectivity index (χ1n) is 3.49. The first kappa shape index (κ1) is 6.80. The Kier molecular flexibility index (Phi) is 1.62. The van der Waals surface area contributed by atoms with E-state index in [4.69, 9.17) is 11.6 Å². The third-order valence-corrected chi connectivity index (χ3v) is 2.07. The Bertz CT molecular complexity index is 383. The van der Waals surface area contributed by atoms with Gasteiger partial charge in [-0.25, -0.2) is 4.99 Å². The SMILES string of the molecule is ClC[N+]1=c2ccccc2=NC1. The van der Waals surface area contributed by atoms with Gasteiger partial charge in [0.25, 0.3) is 0 Å². The summed E-state index contributed by atoms with van der Waals surface area (Å²) in [5, 5.41) is 2.19. The van der Waals surface area contributed by atoms with E-state index in [1.54, 1.807) is 0 Å². The minimum absolute atomic E-state index is 0.514. The van der Waals surface area contributed by atoms with Crippen molar-refractivity contribution in [2.75, 3.05) is 12.7 Å². The molecule has 11 heavy (non-hydrogen) atoms. The molecule has 0 radical (unpaired) electrons. The molecule has 0 unspecified atom stereocenters. The first-order chi connectivity index (χ1) is 5.42. The van der Waals surface area contributed by atoms with Gasteiger partial charge in [-0.15, -0.1) is 0 Å². The molecule has 0 aliphatic carbocycles. The largest absolute Gasteiger partial charge is 0.238 e. The molecule has 1 aliphatic heterocycles. The Morgan fingerprint density at radius 3 is 3.09 bits per heavy atom. The fourth-order valence-electron chi connectivity index (χ4n) is 1.21. The Hall–Kier alpha value is -0.890. The average molecular weight is 168 g/mol. The highest BCUT2D eigenvalue weighted by Crippen LogP contribution is 1.81. The van der Waals surface area contributed by atoms with Crippen molar-refractivity contribution >= 4 is 11.6 Å². The zero-order valence-electron chi connectivity index (χ0n) is 6.00. The lowest BCUT2D eigenvalue weighted by molar-refractivity contribution is 0.694. The molecular formula is C8H8ClN2+. The van der Waals surface area contributed by atoms with Crippen LogP contribution in [0.4, 0.5) is 0 Å². The van der Waals surface area contributed by atoms with Crippen LogP contribution in [-0.4, -0.2) is 12.7 Å².